The Kier molecular flexibility index (Phi) is 32.5. The third-order valence-corrected chi connectivity index (χ3v) is 18.3. The largest absolute Gasteiger partial charge is 0.480 e. The second-order valence-electron chi connectivity index (χ2n) is 22.9. The molecular weight excluding hydrogens is 1220 g/mol. The summed E-state index contributed by atoms with van der Waals surface area (Å²) in [5.41, 5.74) is 19.6. The van der Waals surface area contributed by atoms with Crippen molar-refractivity contribution in [3.63, 3.8) is 0 Å². The molecule has 2 aliphatic heterocycles. The first-order valence-electron chi connectivity index (χ1n) is 30.9. The highest BCUT2D eigenvalue weighted by Crippen LogP contribution is 2.33. The molecule has 1 aromatic carbocycles. The van der Waals surface area contributed by atoms with Crippen molar-refractivity contribution in [2.24, 2.45) is 23.3 Å². The molecule has 91 heavy (non-hydrogen) atoms. The fourth-order valence-corrected chi connectivity index (χ4v) is 12.3. The molecule has 1 fully saturated rings. The number of carbonyl (C=O) groups excluding carboxylic acids is 10. The second kappa shape index (κ2) is 38.7. The number of aromatic nitrogens is 3. The number of amides is 10. The minimum atomic E-state index is -1.83. The second-order valence-corrected chi connectivity index (χ2v) is 25.4. The van der Waals surface area contributed by atoms with Gasteiger partial charge in [-0.2, -0.15) is 0 Å². The number of nitrogens with zero attached hydrogens (tertiary/aromatic N) is 4. The maximum absolute atomic E-state index is 14.7. The lowest BCUT2D eigenvalue weighted by molar-refractivity contribution is -0.368. The lowest BCUT2D eigenvalue weighted by Crippen LogP contribution is -2.63. The third kappa shape index (κ3) is 23.9. The van der Waals surface area contributed by atoms with Crippen LogP contribution in [0.3, 0.4) is 0 Å². The number of aliphatic hydroxyl groups excluding tert-OH is 2. The summed E-state index contributed by atoms with van der Waals surface area (Å²) in [7, 11) is 1.80. The molecule has 10 amide bonds. The van der Waals surface area contributed by atoms with Gasteiger partial charge in [0, 0.05) is 24.5 Å². The average Bonchev–Trinajstić information content (AvgIpc) is 1.80. The van der Waals surface area contributed by atoms with Gasteiger partial charge in [0.1, 0.15) is 72.4 Å². The molecule has 0 saturated carbocycles. The quantitative estimate of drug-likeness (QED) is 0.0265. The molecule has 23 N–H and O–H groups in total. The number of aliphatic carboxylic acids is 1. The van der Waals surface area contributed by atoms with Gasteiger partial charge in [-0.05, 0) is 82.7 Å². The first-order chi connectivity index (χ1) is 43.3. The molecule has 0 radical (unpaired) electrons. The monoisotopic (exact) mass is 1320 g/mol. The van der Waals surface area contributed by atoms with Gasteiger partial charge in [0.15, 0.2) is 6.54 Å². The molecule has 3 heterocycles. The number of hydrogen-bond acceptors (Lipinski definition) is 20. The van der Waals surface area contributed by atoms with E-state index in [2.05, 4.69) is 74.9 Å². The van der Waals surface area contributed by atoms with E-state index in [0.717, 1.165) is 21.6 Å². The lowest BCUT2D eigenvalue weighted by Gasteiger charge is -2.32. The summed E-state index contributed by atoms with van der Waals surface area (Å²) in [4.78, 5) is 156. The van der Waals surface area contributed by atoms with Crippen molar-refractivity contribution in [1.82, 2.24) is 73.1 Å². The summed E-state index contributed by atoms with van der Waals surface area (Å²) in [6.45, 7) is 9.43. The number of nitrogens with one attached hydrogen (secondary N) is 10. The van der Waals surface area contributed by atoms with E-state index in [-0.39, 0.29) is 56.8 Å². The van der Waals surface area contributed by atoms with Gasteiger partial charge in [-0.15, -0.1) is 5.10 Å². The van der Waals surface area contributed by atoms with Crippen molar-refractivity contribution in [1.29, 1.82) is 0 Å². The fraction of sp³-hybridized carbons (Fsp3) is 0.667. The van der Waals surface area contributed by atoms with Crippen molar-refractivity contribution < 1.29 is 79.5 Å². The molecule has 0 unspecified atom stereocenters. The Hall–Kier alpha value is -7.05. The molecule has 4 rings (SSSR count). The van der Waals surface area contributed by atoms with E-state index in [0.29, 0.717) is 56.3 Å². The van der Waals surface area contributed by atoms with Crippen LogP contribution in [0.1, 0.15) is 123 Å². The van der Waals surface area contributed by atoms with Crippen LogP contribution in [0, 0.1) is 11.8 Å². The molecule has 2 aromatic rings. The molecule has 0 spiro atoms. The number of carbonyl (C=O) groups is 11. The molecule has 14 atom stereocenters. The molecule has 34 heteroatoms. The number of quaternary nitrogens is 2. The van der Waals surface area contributed by atoms with Crippen LogP contribution in [0.5, 0.6) is 0 Å². The van der Waals surface area contributed by atoms with E-state index in [1.807, 2.05) is 6.92 Å². The van der Waals surface area contributed by atoms with Gasteiger partial charge in [-0.3, -0.25) is 53.3 Å². The zero-order valence-electron chi connectivity index (χ0n) is 52.7. The summed E-state index contributed by atoms with van der Waals surface area (Å²) in [6, 6.07) is -6.60. The number of fused-ring (bicyclic) bond motifs is 4. The first kappa shape index (κ1) is 76.4. The van der Waals surface area contributed by atoms with Crippen molar-refractivity contribution >= 4 is 86.6 Å². The zero-order valence-corrected chi connectivity index (χ0v) is 54.3. The standard InChI is InChI=1S/C57H94N18O14S2/c1-7-30(3)44-53(85)68-40(51(83)65-37(56(88)89)24-34-16-10-9-11-17-34)28-90-91-29-41(67-48(80)35(63-43(78)25-59)19-14-22-62-57(60)61)52(84)71-46(33(6)77)54(86)64-36(18-12-13-21-58)49(81)66-39(27-76)50(82)70-45(31(4)8-2)55(87)74-23-15-20-42(74)38-26-75(73-72-38)32(5)47(79)69-44/h9-11,16-17,26,30-33,35-37,39-42,44-46,57,62,76-77H,7-8,12-15,18-25,27-29,58-61H2,1-6H3,(H,63,78)(H,64,86)(H,65,83)(H,66,81)(H,67,80)(H,68,85)(H,69,79)(H,70,82)(H,71,84)(H,88,89)/p+2/t30-,31-,32-,33+,35-,36-,37-,39-,40-,41-,42-,44-,45-,46-/m0/s1. The van der Waals surface area contributed by atoms with Crippen LogP contribution in [-0.4, -0.2) is 211 Å². The van der Waals surface area contributed by atoms with E-state index in [1.165, 1.54) is 24.7 Å². The van der Waals surface area contributed by atoms with Crippen molar-refractivity contribution in [2.75, 3.05) is 44.3 Å². The van der Waals surface area contributed by atoms with Crippen molar-refractivity contribution in [3.8, 4) is 0 Å². The molecule has 2 bridgehead atoms. The van der Waals surface area contributed by atoms with Crippen LogP contribution in [0.4, 0.5) is 0 Å². The Morgan fingerprint density at radius 1 is 0.769 bits per heavy atom. The van der Waals surface area contributed by atoms with E-state index < -0.39 is 162 Å². The number of carboxylic acid groups (broad SMARTS) is 1. The number of aliphatic hydroxyl groups is 2. The Morgan fingerprint density at radius 2 is 1.40 bits per heavy atom. The highest BCUT2D eigenvalue weighted by molar-refractivity contribution is 8.76. The third-order valence-electron chi connectivity index (χ3n) is 15.9. The smallest absolute Gasteiger partial charge is 0.326 e. The van der Waals surface area contributed by atoms with Crippen LogP contribution in [0.25, 0.3) is 0 Å². The van der Waals surface area contributed by atoms with Crippen molar-refractivity contribution in [2.45, 2.75) is 185 Å². The molecule has 1 saturated heterocycles. The van der Waals surface area contributed by atoms with Crippen LogP contribution in [0.15, 0.2) is 36.5 Å². The Balaban J connectivity index is 1.85. The number of benzene rings is 1. The summed E-state index contributed by atoms with van der Waals surface area (Å²) < 4.78 is 1.27. The average molecular weight is 1320 g/mol. The molecule has 508 valence electrons. The summed E-state index contributed by atoms with van der Waals surface area (Å²) in [5, 5.41) is 66.9. The van der Waals surface area contributed by atoms with Gasteiger partial charge in [0.2, 0.25) is 53.2 Å². The number of rotatable bonds is 24. The van der Waals surface area contributed by atoms with Gasteiger partial charge in [-0.1, -0.05) is 97.7 Å². The molecular formula is C57H96N18O14S2+2. The van der Waals surface area contributed by atoms with E-state index in [1.54, 1.807) is 56.0 Å². The number of hydrogen-bond donors (Lipinski definition) is 17. The summed E-state index contributed by atoms with van der Waals surface area (Å²) in [5.74, 6) is -11.6. The summed E-state index contributed by atoms with van der Waals surface area (Å²) >= 11 is 0. The van der Waals surface area contributed by atoms with Crippen molar-refractivity contribution in [3.05, 3.63) is 47.8 Å². The van der Waals surface area contributed by atoms with Gasteiger partial charge < -0.3 is 91.0 Å². The minimum absolute atomic E-state index is 0.00530. The van der Waals surface area contributed by atoms with Crippen LogP contribution >= 0.6 is 21.6 Å². The highest BCUT2D eigenvalue weighted by atomic mass is 33.1. The number of unbranched alkanes of at least 4 members (excludes halogenated alkanes) is 1. The first-order valence-corrected chi connectivity index (χ1v) is 33.4. The van der Waals surface area contributed by atoms with Gasteiger partial charge in [0.05, 0.1) is 31.5 Å². The van der Waals surface area contributed by atoms with Gasteiger partial charge in [-0.25, -0.2) is 9.48 Å². The predicted octanol–water partition coefficient (Wildman–Crippen LogP) is -5.72. The fourth-order valence-electron chi connectivity index (χ4n) is 9.93. The van der Waals surface area contributed by atoms with Gasteiger partial charge >= 0.3 is 5.97 Å². The molecule has 0 aliphatic carbocycles. The Morgan fingerprint density at radius 3 is 2.02 bits per heavy atom. The minimum Gasteiger partial charge on any atom is -0.480 e. The number of nitrogens with two attached hydrogens (primary N) is 2. The highest BCUT2D eigenvalue weighted by Gasteiger charge is 2.41. The Bertz CT molecular complexity index is 2750. The predicted molar refractivity (Wildman–Crippen MR) is 335 cm³/mol. The van der Waals surface area contributed by atoms with Crippen LogP contribution in [0.2, 0.25) is 0 Å². The maximum Gasteiger partial charge on any atom is 0.326 e. The van der Waals surface area contributed by atoms with E-state index in [4.69, 9.17) is 11.5 Å². The topological polar surface area (TPSA) is 510 Å². The zero-order chi connectivity index (χ0) is 67.5. The lowest BCUT2D eigenvalue weighted by atomic mass is 9.96. The summed E-state index contributed by atoms with van der Waals surface area (Å²) in [6.07, 6.45) is 1.49. The van der Waals surface area contributed by atoms with Gasteiger partial charge in [0.25, 0.3) is 5.91 Å². The maximum atomic E-state index is 14.7. The van der Waals surface area contributed by atoms with Crippen LogP contribution in [-0.2, 0) is 59.2 Å². The normalized spacial score (nSPS) is 24.7. The van der Waals surface area contributed by atoms with E-state index >= 15 is 0 Å². The molecule has 2 aliphatic rings. The molecule has 1 aromatic heterocycles. The molecule has 32 nitrogen and oxygen atoms in total. The number of carboxylic acids is 1. The Labute approximate surface area is 537 Å². The van der Waals surface area contributed by atoms with Crippen LogP contribution < -0.4 is 76.1 Å². The SMILES string of the molecule is CC[C@H](C)[C@@H]1NC(=O)[C@H](C)n2cc(nn2)[C@@H]2CCCN2C(=O)[C@H]([C@@H](C)CC)NC(=O)[C@H](CO)NC(=O)[C@H](CCCC[NH3+])NC(=O)[C@H]([C@@H](C)O)NC(=O)[C@@H](NC(=O)[C@H](CCCNC(N)N)NC(=O)C[NH3+])CSSC[C@@H](C(=O)N[C@@H](Cc2ccccc2)C(=O)O)NC1=O. The van der Waals surface area contributed by atoms with E-state index in [9.17, 15) is 68.1 Å².